The third kappa shape index (κ3) is 3.51. The van der Waals surface area contributed by atoms with Crippen molar-refractivity contribution < 1.29 is 39.4 Å². The molecule has 8 nitrogen and oxygen atoms in total. The fraction of sp³-hybridized carbons (Fsp3) is 0.893. The van der Waals surface area contributed by atoms with E-state index in [2.05, 4.69) is 13.8 Å². The number of cyclic esters (lactones) is 1. The van der Waals surface area contributed by atoms with Gasteiger partial charge in [-0.2, -0.15) is 0 Å². The van der Waals surface area contributed by atoms with Crippen molar-refractivity contribution >= 4 is 5.97 Å². The molecule has 0 bridgehead atoms. The van der Waals surface area contributed by atoms with Crippen LogP contribution in [0.3, 0.4) is 0 Å². The van der Waals surface area contributed by atoms with E-state index in [0.717, 1.165) is 63.4 Å². The number of ether oxygens (including phenoxy) is 3. The topological polar surface area (TPSA) is 126 Å². The number of hydrogen-bond acceptors (Lipinski definition) is 8. The first kappa shape index (κ1) is 25.3. The molecule has 202 valence electrons. The molecule has 5 fully saturated rings. The van der Waals surface area contributed by atoms with Crippen LogP contribution in [0.5, 0.6) is 0 Å². The Morgan fingerprint density at radius 3 is 2.53 bits per heavy atom. The van der Waals surface area contributed by atoms with Crippen molar-refractivity contribution in [1.82, 2.24) is 0 Å². The average Bonchev–Trinajstić information content (AvgIpc) is 3.48. The summed E-state index contributed by atoms with van der Waals surface area (Å²) in [6.45, 7) is 4.70. The molecule has 2 heterocycles. The number of esters is 1. The summed E-state index contributed by atoms with van der Waals surface area (Å²) in [7, 11) is 0. The van der Waals surface area contributed by atoms with Gasteiger partial charge in [-0.1, -0.05) is 13.8 Å². The third-order valence-electron chi connectivity index (χ3n) is 11.8. The lowest BCUT2D eigenvalue weighted by molar-refractivity contribution is -0.231. The molecular weight excluding hydrogens is 464 g/mol. The van der Waals surface area contributed by atoms with Crippen molar-refractivity contribution in [1.29, 1.82) is 0 Å². The number of hydrogen-bond donors (Lipinski definition) is 4. The molecule has 1 saturated heterocycles. The van der Waals surface area contributed by atoms with E-state index < -0.39 is 30.2 Å². The van der Waals surface area contributed by atoms with Crippen molar-refractivity contribution in [3.8, 4) is 0 Å². The monoisotopic (exact) mass is 506 g/mol. The second-order valence-corrected chi connectivity index (χ2v) is 13.0. The van der Waals surface area contributed by atoms with Crippen LogP contribution in [0, 0.1) is 34.5 Å². The lowest BCUT2D eigenvalue weighted by atomic mass is 9.43. The van der Waals surface area contributed by atoms with Gasteiger partial charge in [-0.15, -0.1) is 0 Å². The molecule has 8 heteroatoms. The Hall–Kier alpha value is -1.03. The Bertz CT molecular complexity index is 921. The molecule has 0 amide bonds. The first-order chi connectivity index (χ1) is 17.1. The minimum atomic E-state index is -1.15. The van der Waals surface area contributed by atoms with Crippen LogP contribution in [0.25, 0.3) is 0 Å². The third-order valence-corrected chi connectivity index (χ3v) is 11.8. The van der Waals surface area contributed by atoms with E-state index in [1.165, 1.54) is 0 Å². The number of rotatable bonds is 4. The molecule has 0 radical (unpaired) electrons. The highest BCUT2D eigenvalue weighted by atomic mass is 16.7. The van der Waals surface area contributed by atoms with Gasteiger partial charge in [0.25, 0.3) is 0 Å². The zero-order valence-electron chi connectivity index (χ0n) is 21.5. The summed E-state index contributed by atoms with van der Waals surface area (Å²) in [5.41, 5.74) is 0.258. The van der Waals surface area contributed by atoms with Crippen LogP contribution in [0.4, 0.5) is 0 Å². The van der Waals surface area contributed by atoms with Crippen LogP contribution >= 0.6 is 0 Å². The summed E-state index contributed by atoms with van der Waals surface area (Å²) in [4.78, 5) is 11.8. The molecule has 6 aliphatic rings. The fourth-order valence-corrected chi connectivity index (χ4v) is 9.66. The van der Waals surface area contributed by atoms with Crippen molar-refractivity contribution in [2.75, 3.05) is 13.2 Å². The maximum Gasteiger partial charge on any atom is 0.331 e. The molecule has 0 aromatic rings. The maximum absolute atomic E-state index is 12.3. The van der Waals surface area contributed by atoms with Crippen LogP contribution in [0.15, 0.2) is 11.6 Å². The van der Waals surface area contributed by atoms with Crippen LogP contribution in [0.1, 0.15) is 71.6 Å². The first-order valence-electron chi connectivity index (χ1n) is 14.0. The summed E-state index contributed by atoms with van der Waals surface area (Å²) >= 11 is 0. The van der Waals surface area contributed by atoms with Gasteiger partial charge in [0.2, 0.25) is 0 Å². The second-order valence-electron chi connectivity index (χ2n) is 13.0. The maximum atomic E-state index is 12.3. The van der Waals surface area contributed by atoms with Crippen molar-refractivity contribution in [3.63, 3.8) is 0 Å². The average molecular weight is 507 g/mol. The predicted octanol–water partition coefficient (Wildman–Crippen LogP) is 2.07. The highest BCUT2D eigenvalue weighted by molar-refractivity contribution is 5.85. The number of carbonyl (C=O) groups is 1. The molecule has 12 atom stereocenters. The molecule has 1 unspecified atom stereocenters. The van der Waals surface area contributed by atoms with Crippen LogP contribution < -0.4 is 0 Å². The largest absolute Gasteiger partial charge is 0.458 e. The van der Waals surface area contributed by atoms with Gasteiger partial charge in [-0.25, -0.2) is 4.79 Å². The Kier molecular flexibility index (Phi) is 6.14. The minimum Gasteiger partial charge on any atom is -0.458 e. The van der Waals surface area contributed by atoms with E-state index in [-0.39, 0.29) is 41.3 Å². The molecule has 4 saturated carbocycles. The SMILES string of the molecule is C[C@]12CC[C@H](O[C@@H]3O[C@@H](CO)[C@H](O)[C@@H]3O)C[C@@H]1CC[C@@H]1[C@H]2CC[C@]2(C)[C@@H](C3=CC(=O)OC3)CCC12O. The van der Waals surface area contributed by atoms with Crippen molar-refractivity contribution in [3.05, 3.63) is 11.6 Å². The summed E-state index contributed by atoms with van der Waals surface area (Å²) in [5.74, 6) is 1.16. The quantitative estimate of drug-likeness (QED) is 0.427. The van der Waals surface area contributed by atoms with E-state index >= 15 is 0 Å². The summed E-state index contributed by atoms with van der Waals surface area (Å²) in [5, 5.41) is 42.1. The smallest absolute Gasteiger partial charge is 0.331 e. The van der Waals surface area contributed by atoms with Gasteiger partial charge in [0.1, 0.15) is 24.9 Å². The molecule has 0 aromatic carbocycles. The zero-order valence-corrected chi connectivity index (χ0v) is 21.5. The van der Waals surface area contributed by atoms with Crippen molar-refractivity contribution in [2.45, 2.75) is 108 Å². The highest BCUT2D eigenvalue weighted by Crippen LogP contribution is 2.70. The lowest BCUT2D eigenvalue weighted by Crippen LogP contribution is -2.62. The minimum absolute atomic E-state index is 0.0523. The van der Waals surface area contributed by atoms with E-state index in [4.69, 9.17) is 14.2 Å². The van der Waals surface area contributed by atoms with Gasteiger partial charge in [0, 0.05) is 11.5 Å². The Balaban J connectivity index is 1.16. The summed E-state index contributed by atoms with van der Waals surface area (Å²) in [6.07, 6.45) is 6.15. The highest BCUT2D eigenvalue weighted by Gasteiger charge is 2.67. The van der Waals surface area contributed by atoms with Crippen LogP contribution in [-0.4, -0.2) is 75.9 Å². The van der Waals surface area contributed by atoms with Crippen LogP contribution in [-0.2, 0) is 19.0 Å². The standard InChI is InChI=1S/C28H42O8/c1-26-8-5-17(35-25-24(32)23(31)21(13-29)36-25)12-16(26)3-4-20-19(26)6-9-27(2)18(7-10-28(20,27)33)15-11-22(30)34-14-15/h11,16-21,23-25,29,31-33H,3-10,12-14H2,1-2H3/t16-,17-,18+,19+,20+,21-,23-,24-,25+,26-,27+,28?/m0/s1. The zero-order chi connectivity index (χ0) is 25.5. The van der Waals surface area contributed by atoms with E-state index in [1.807, 2.05) is 0 Å². The number of carbonyl (C=O) groups excluding carboxylic acids is 1. The Morgan fingerprint density at radius 2 is 1.83 bits per heavy atom. The number of aliphatic hydroxyl groups is 4. The molecule has 2 aliphatic heterocycles. The van der Waals surface area contributed by atoms with Gasteiger partial charge in [-0.05, 0) is 92.4 Å². The van der Waals surface area contributed by atoms with Crippen molar-refractivity contribution in [2.24, 2.45) is 34.5 Å². The van der Waals surface area contributed by atoms with Gasteiger partial charge >= 0.3 is 5.97 Å². The number of aliphatic hydroxyl groups excluding tert-OH is 3. The van der Waals surface area contributed by atoms with E-state index in [0.29, 0.717) is 18.4 Å². The van der Waals surface area contributed by atoms with E-state index in [1.54, 1.807) is 6.08 Å². The van der Waals surface area contributed by atoms with Crippen LogP contribution in [0.2, 0.25) is 0 Å². The summed E-state index contributed by atoms with van der Waals surface area (Å²) < 4.78 is 17.0. The normalized spacial score (nSPS) is 54.4. The lowest BCUT2D eigenvalue weighted by Gasteiger charge is -2.63. The Labute approximate surface area is 213 Å². The fourth-order valence-electron chi connectivity index (χ4n) is 9.66. The van der Waals surface area contributed by atoms with Gasteiger partial charge in [-0.3, -0.25) is 0 Å². The van der Waals surface area contributed by atoms with E-state index in [9.17, 15) is 25.2 Å². The summed E-state index contributed by atoms with van der Waals surface area (Å²) in [6, 6.07) is 0. The second kappa shape index (κ2) is 8.75. The molecular formula is C28H42O8. The molecule has 0 spiro atoms. The molecule has 0 aromatic heterocycles. The van der Waals surface area contributed by atoms with Gasteiger partial charge in [0.05, 0.1) is 18.3 Å². The number of fused-ring (bicyclic) bond motifs is 5. The first-order valence-corrected chi connectivity index (χ1v) is 14.0. The molecule has 4 aliphatic carbocycles. The Morgan fingerprint density at radius 1 is 1.03 bits per heavy atom. The molecule has 4 N–H and O–H groups in total. The molecule has 36 heavy (non-hydrogen) atoms. The van der Waals surface area contributed by atoms with Gasteiger partial charge in [0.15, 0.2) is 6.29 Å². The van der Waals surface area contributed by atoms with Gasteiger partial charge < -0.3 is 34.6 Å². The predicted molar refractivity (Wildman–Crippen MR) is 128 cm³/mol. The molecule has 6 rings (SSSR count).